The standard InChI is InChI=1S/C17H26N4S2.HI/c1-5-18-17(19-9-13(4)15-7-6-8-22-15)20-10-14-11-23-16(21-14)12(2)3;/h6-8,11-13H,5,9-10H2,1-4H3,(H2,18,19,20);1H. The van der Waals surface area contributed by atoms with Gasteiger partial charge in [-0.15, -0.1) is 46.7 Å². The summed E-state index contributed by atoms with van der Waals surface area (Å²) in [6.07, 6.45) is 0. The van der Waals surface area contributed by atoms with Crippen LogP contribution in [0.2, 0.25) is 0 Å². The van der Waals surface area contributed by atoms with Crippen LogP contribution in [-0.4, -0.2) is 24.0 Å². The normalized spacial score (nSPS) is 12.8. The second-order valence-electron chi connectivity index (χ2n) is 5.82. The minimum atomic E-state index is 0. The number of aromatic nitrogens is 1. The molecule has 2 N–H and O–H groups in total. The second kappa shape index (κ2) is 11.0. The van der Waals surface area contributed by atoms with Crippen molar-refractivity contribution in [2.75, 3.05) is 13.1 Å². The van der Waals surface area contributed by atoms with Crippen LogP contribution in [-0.2, 0) is 6.54 Å². The molecule has 0 aliphatic rings. The van der Waals surface area contributed by atoms with Gasteiger partial charge in [-0.1, -0.05) is 26.8 Å². The summed E-state index contributed by atoms with van der Waals surface area (Å²) in [5.74, 6) is 1.82. The Kier molecular flexibility index (Phi) is 9.84. The predicted octanol–water partition coefficient (Wildman–Crippen LogP) is 4.80. The van der Waals surface area contributed by atoms with Gasteiger partial charge >= 0.3 is 0 Å². The highest BCUT2D eigenvalue weighted by Gasteiger charge is 2.08. The van der Waals surface area contributed by atoms with E-state index in [4.69, 9.17) is 0 Å². The largest absolute Gasteiger partial charge is 0.357 e. The van der Waals surface area contributed by atoms with Gasteiger partial charge in [0.2, 0.25) is 0 Å². The van der Waals surface area contributed by atoms with Gasteiger partial charge in [-0.05, 0) is 18.4 Å². The Hall–Kier alpha value is -0.670. The van der Waals surface area contributed by atoms with Gasteiger partial charge in [0.15, 0.2) is 5.96 Å². The summed E-state index contributed by atoms with van der Waals surface area (Å²) in [6, 6.07) is 4.29. The number of rotatable bonds is 7. The molecule has 4 nitrogen and oxygen atoms in total. The fraction of sp³-hybridized carbons (Fsp3) is 0.529. The molecule has 134 valence electrons. The maximum absolute atomic E-state index is 4.65. The van der Waals surface area contributed by atoms with Crippen LogP contribution in [0.3, 0.4) is 0 Å². The highest BCUT2D eigenvalue weighted by molar-refractivity contribution is 14.0. The van der Waals surface area contributed by atoms with Gasteiger partial charge in [0.25, 0.3) is 0 Å². The average Bonchev–Trinajstić information content (AvgIpc) is 3.20. The zero-order valence-electron chi connectivity index (χ0n) is 14.7. The number of hydrogen-bond donors (Lipinski definition) is 2. The van der Waals surface area contributed by atoms with Gasteiger partial charge in [-0.2, -0.15) is 0 Å². The van der Waals surface area contributed by atoms with Crippen LogP contribution >= 0.6 is 46.7 Å². The van der Waals surface area contributed by atoms with E-state index in [9.17, 15) is 0 Å². The number of thiophene rings is 1. The van der Waals surface area contributed by atoms with Crippen LogP contribution in [0, 0.1) is 0 Å². The van der Waals surface area contributed by atoms with Gasteiger partial charge in [-0.3, -0.25) is 0 Å². The first-order valence-corrected chi connectivity index (χ1v) is 9.86. The quantitative estimate of drug-likeness (QED) is 0.341. The molecule has 0 aromatic carbocycles. The molecule has 0 amide bonds. The number of guanidine groups is 1. The van der Waals surface area contributed by atoms with Crippen molar-refractivity contribution in [3.8, 4) is 0 Å². The summed E-state index contributed by atoms with van der Waals surface area (Å²) < 4.78 is 0. The van der Waals surface area contributed by atoms with E-state index in [1.54, 1.807) is 22.7 Å². The van der Waals surface area contributed by atoms with Crippen LogP contribution in [0.15, 0.2) is 27.9 Å². The molecule has 24 heavy (non-hydrogen) atoms. The summed E-state index contributed by atoms with van der Waals surface area (Å²) in [7, 11) is 0. The highest BCUT2D eigenvalue weighted by atomic mass is 127. The molecule has 1 atom stereocenters. The molecule has 0 aliphatic carbocycles. The lowest BCUT2D eigenvalue weighted by Crippen LogP contribution is -2.39. The second-order valence-corrected chi connectivity index (χ2v) is 7.69. The topological polar surface area (TPSA) is 49.3 Å². The fourth-order valence-corrected chi connectivity index (χ4v) is 3.70. The number of hydrogen-bond acceptors (Lipinski definition) is 4. The molecule has 1 unspecified atom stereocenters. The number of nitrogens with one attached hydrogen (secondary N) is 2. The summed E-state index contributed by atoms with van der Waals surface area (Å²) in [5.41, 5.74) is 1.04. The van der Waals surface area contributed by atoms with E-state index in [1.807, 2.05) is 0 Å². The van der Waals surface area contributed by atoms with Gasteiger partial charge in [0.05, 0.1) is 17.2 Å². The third kappa shape index (κ3) is 6.68. The summed E-state index contributed by atoms with van der Waals surface area (Å²) in [6.45, 7) is 11.0. The van der Waals surface area contributed by atoms with E-state index in [2.05, 4.69) is 71.2 Å². The van der Waals surface area contributed by atoms with Crippen molar-refractivity contribution >= 4 is 52.6 Å². The Morgan fingerprint density at radius 1 is 1.25 bits per heavy atom. The molecule has 7 heteroatoms. The molecule has 0 bridgehead atoms. The molecule has 2 rings (SSSR count). The summed E-state index contributed by atoms with van der Waals surface area (Å²) >= 11 is 3.52. The van der Waals surface area contributed by atoms with Crippen molar-refractivity contribution in [2.24, 2.45) is 4.99 Å². The third-order valence-electron chi connectivity index (χ3n) is 3.41. The van der Waals surface area contributed by atoms with E-state index >= 15 is 0 Å². The average molecular weight is 478 g/mol. The van der Waals surface area contributed by atoms with E-state index in [0.717, 1.165) is 24.7 Å². The number of nitrogens with zero attached hydrogens (tertiary/aromatic N) is 2. The zero-order valence-corrected chi connectivity index (χ0v) is 18.7. The molecule has 0 aliphatic heterocycles. The van der Waals surface area contributed by atoms with Crippen molar-refractivity contribution in [3.05, 3.63) is 38.5 Å². The first-order valence-electron chi connectivity index (χ1n) is 8.10. The van der Waals surface area contributed by atoms with Crippen molar-refractivity contribution in [3.63, 3.8) is 0 Å². The molecule has 0 saturated carbocycles. The van der Waals surface area contributed by atoms with Crippen LogP contribution in [0.1, 0.15) is 55.1 Å². The molecule has 0 saturated heterocycles. The van der Waals surface area contributed by atoms with Crippen molar-refractivity contribution in [1.29, 1.82) is 0 Å². The van der Waals surface area contributed by atoms with Gasteiger partial charge in [-0.25, -0.2) is 9.98 Å². The third-order valence-corrected chi connectivity index (χ3v) is 5.71. The van der Waals surface area contributed by atoms with Crippen molar-refractivity contribution < 1.29 is 0 Å². The SMILES string of the molecule is CCNC(=NCc1csc(C(C)C)n1)NCC(C)c1cccs1.I. The monoisotopic (exact) mass is 478 g/mol. The lowest BCUT2D eigenvalue weighted by atomic mass is 10.1. The Morgan fingerprint density at radius 3 is 2.62 bits per heavy atom. The summed E-state index contributed by atoms with van der Waals surface area (Å²) in [5, 5.41) is 12.1. The van der Waals surface area contributed by atoms with Gasteiger partial charge < -0.3 is 10.6 Å². The van der Waals surface area contributed by atoms with Crippen molar-refractivity contribution in [1.82, 2.24) is 15.6 Å². The van der Waals surface area contributed by atoms with Crippen LogP contribution in [0.5, 0.6) is 0 Å². The van der Waals surface area contributed by atoms with Gasteiger partial charge in [0.1, 0.15) is 0 Å². The number of aliphatic imine (C=N–C) groups is 1. The van der Waals surface area contributed by atoms with E-state index in [-0.39, 0.29) is 24.0 Å². The Balaban J connectivity index is 0.00000288. The lowest BCUT2D eigenvalue weighted by Gasteiger charge is -2.14. The maximum atomic E-state index is 4.65. The Morgan fingerprint density at radius 2 is 2.04 bits per heavy atom. The van der Waals surface area contributed by atoms with E-state index in [0.29, 0.717) is 18.4 Å². The van der Waals surface area contributed by atoms with Crippen LogP contribution in [0.4, 0.5) is 0 Å². The molecule has 2 heterocycles. The highest BCUT2D eigenvalue weighted by Crippen LogP contribution is 2.20. The zero-order chi connectivity index (χ0) is 16.7. The lowest BCUT2D eigenvalue weighted by molar-refractivity contribution is 0.708. The minimum Gasteiger partial charge on any atom is -0.357 e. The van der Waals surface area contributed by atoms with E-state index in [1.165, 1.54) is 9.88 Å². The first kappa shape index (κ1) is 21.4. The summed E-state index contributed by atoms with van der Waals surface area (Å²) in [4.78, 5) is 10.7. The first-order chi connectivity index (χ1) is 11.1. The number of thiazole rings is 1. The Bertz CT molecular complexity index is 608. The fourth-order valence-electron chi connectivity index (χ4n) is 2.08. The molecule has 2 aromatic rings. The predicted molar refractivity (Wildman–Crippen MR) is 117 cm³/mol. The molecule has 0 fully saturated rings. The maximum Gasteiger partial charge on any atom is 0.191 e. The molecular weight excluding hydrogens is 451 g/mol. The van der Waals surface area contributed by atoms with Crippen LogP contribution in [0.25, 0.3) is 0 Å². The molecule has 0 radical (unpaired) electrons. The van der Waals surface area contributed by atoms with Crippen LogP contribution < -0.4 is 10.6 Å². The smallest absolute Gasteiger partial charge is 0.191 e. The van der Waals surface area contributed by atoms with Gasteiger partial charge in [0, 0.05) is 35.2 Å². The van der Waals surface area contributed by atoms with E-state index < -0.39 is 0 Å². The molecule has 2 aromatic heterocycles. The number of halogens is 1. The minimum absolute atomic E-state index is 0. The van der Waals surface area contributed by atoms with Crippen molar-refractivity contribution in [2.45, 2.75) is 46.1 Å². The molecular formula is C17H27IN4S2. The molecule has 0 spiro atoms. The Labute approximate surface area is 170 Å².